The molecule has 0 unspecified atom stereocenters. The predicted octanol–water partition coefficient (Wildman–Crippen LogP) is 3.58. The third-order valence-corrected chi connectivity index (χ3v) is 5.59. The van der Waals surface area contributed by atoms with Crippen molar-refractivity contribution in [2.24, 2.45) is 0 Å². The molecule has 0 fully saturated rings. The van der Waals surface area contributed by atoms with Crippen LogP contribution in [-0.4, -0.2) is 30.5 Å². The summed E-state index contributed by atoms with van der Waals surface area (Å²) in [6.07, 6.45) is 1.41. The topological polar surface area (TPSA) is 101 Å². The van der Waals surface area contributed by atoms with Gasteiger partial charge in [-0.15, -0.1) is 0 Å². The summed E-state index contributed by atoms with van der Waals surface area (Å²) >= 11 is 0. The molecule has 0 atom stereocenters. The van der Waals surface area contributed by atoms with E-state index >= 15 is 0 Å². The molecule has 0 saturated carbocycles. The van der Waals surface area contributed by atoms with E-state index in [1.807, 2.05) is 13.8 Å². The molecule has 2 aromatic carbocycles. The van der Waals surface area contributed by atoms with Gasteiger partial charge in [0.2, 0.25) is 0 Å². The van der Waals surface area contributed by atoms with Crippen molar-refractivity contribution in [1.29, 1.82) is 0 Å². The Hall–Kier alpha value is -3.07. The van der Waals surface area contributed by atoms with E-state index in [9.17, 15) is 18.5 Å². The summed E-state index contributed by atoms with van der Waals surface area (Å²) in [5.41, 5.74) is 0.0345. The molecule has 0 spiro atoms. The Morgan fingerprint density at radius 2 is 1.85 bits per heavy atom. The lowest BCUT2D eigenvalue weighted by molar-refractivity contribution is -0.386. The lowest BCUT2D eigenvalue weighted by Crippen LogP contribution is -2.12. The average molecular weight is 390 g/mol. The maximum Gasteiger partial charge on any atom is 0.312 e. The molecular formula is C18H18N2O6S. The third-order valence-electron chi connectivity index (χ3n) is 3.90. The Morgan fingerprint density at radius 3 is 2.48 bits per heavy atom. The lowest BCUT2D eigenvalue weighted by Gasteiger charge is -2.11. The van der Waals surface area contributed by atoms with Crippen LogP contribution in [0.1, 0.15) is 13.8 Å². The van der Waals surface area contributed by atoms with Crippen molar-refractivity contribution in [3.05, 3.63) is 58.8 Å². The molecule has 8 nitrogen and oxygen atoms in total. The molecule has 1 heterocycles. The SMILES string of the molecule is COc1ccc(S(=O)(=O)n2ccc3cc(OC(C)C)ccc32)cc1[N+](=O)[O-]. The van der Waals surface area contributed by atoms with Crippen molar-refractivity contribution in [3.63, 3.8) is 0 Å². The van der Waals surface area contributed by atoms with E-state index in [0.29, 0.717) is 16.7 Å². The first-order valence-electron chi connectivity index (χ1n) is 8.10. The highest BCUT2D eigenvalue weighted by atomic mass is 32.2. The number of methoxy groups -OCH3 is 1. The van der Waals surface area contributed by atoms with E-state index in [1.165, 1.54) is 25.4 Å². The second-order valence-corrected chi connectivity index (χ2v) is 7.91. The van der Waals surface area contributed by atoms with Gasteiger partial charge in [0.15, 0.2) is 5.75 Å². The number of ether oxygens (including phenoxy) is 2. The Bertz CT molecular complexity index is 1120. The van der Waals surface area contributed by atoms with Gasteiger partial charge in [0.05, 0.1) is 28.5 Å². The molecule has 3 rings (SSSR count). The summed E-state index contributed by atoms with van der Waals surface area (Å²) in [6.45, 7) is 3.80. The van der Waals surface area contributed by atoms with Gasteiger partial charge in [-0.3, -0.25) is 10.1 Å². The van der Waals surface area contributed by atoms with Crippen LogP contribution in [0.25, 0.3) is 10.9 Å². The number of benzene rings is 2. The van der Waals surface area contributed by atoms with Gasteiger partial charge >= 0.3 is 5.69 Å². The van der Waals surface area contributed by atoms with Gasteiger partial charge in [-0.1, -0.05) is 0 Å². The van der Waals surface area contributed by atoms with Crippen LogP contribution in [0.15, 0.2) is 53.6 Å². The minimum atomic E-state index is -4.02. The molecular weight excluding hydrogens is 372 g/mol. The summed E-state index contributed by atoms with van der Waals surface area (Å²) in [5.74, 6) is 0.625. The number of aromatic nitrogens is 1. The van der Waals surface area contributed by atoms with Crippen LogP contribution in [0, 0.1) is 10.1 Å². The van der Waals surface area contributed by atoms with Crippen LogP contribution in [0.2, 0.25) is 0 Å². The van der Waals surface area contributed by atoms with Gasteiger partial charge in [0.25, 0.3) is 10.0 Å². The maximum absolute atomic E-state index is 13.0. The molecule has 0 radical (unpaired) electrons. The number of nitro groups is 1. The van der Waals surface area contributed by atoms with Crippen LogP contribution >= 0.6 is 0 Å². The van der Waals surface area contributed by atoms with E-state index < -0.39 is 20.6 Å². The Kier molecular flexibility index (Phi) is 4.79. The van der Waals surface area contributed by atoms with Crippen molar-refractivity contribution in [1.82, 2.24) is 3.97 Å². The van der Waals surface area contributed by atoms with Crippen molar-refractivity contribution in [2.45, 2.75) is 24.8 Å². The third kappa shape index (κ3) is 3.45. The van der Waals surface area contributed by atoms with E-state index in [0.717, 1.165) is 10.0 Å². The van der Waals surface area contributed by atoms with Crippen LogP contribution in [0.5, 0.6) is 11.5 Å². The second-order valence-electron chi connectivity index (χ2n) is 6.09. The average Bonchev–Trinajstić information content (AvgIpc) is 3.04. The first-order chi connectivity index (χ1) is 12.7. The number of hydrogen-bond acceptors (Lipinski definition) is 6. The molecule has 0 aliphatic carbocycles. The Morgan fingerprint density at radius 1 is 1.11 bits per heavy atom. The summed E-state index contributed by atoms with van der Waals surface area (Å²) in [5, 5.41) is 11.9. The van der Waals surface area contributed by atoms with Gasteiger partial charge in [-0.05, 0) is 50.2 Å². The zero-order chi connectivity index (χ0) is 19.8. The van der Waals surface area contributed by atoms with Crippen molar-refractivity contribution < 1.29 is 22.8 Å². The van der Waals surface area contributed by atoms with Crippen LogP contribution in [0.3, 0.4) is 0 Å². The maximum atomic E-state index is 13.0. The predicted molar refractivity (Wildman–Crippen MR) is 99.9 cm³/mol. The zero-order valence-electron chi connectivity index (χ0n) is 14.9. The van der Waals surface area contributed by atoms with E-state index in [-0.39, 0.29) is 16.7 Å². The molecule has 0 aliphatic heterocycles. The summed E-state index contributed by atoms with van der Waals surface area (Å²) in [4.78, 5) is 10.3. The smallest absolute Gasteiger partial charge is 0.312 e. The monoisotopic (exact) mass is 390 g/mol. The van der Waals surface area contributed by atoms with Gasteiger partial charge in [-0.2, -0.15) is 0 Å². The van der Waals surface area contributed by atoms with Gasteiger partial charge in [0, 0.05) is 17.6 Å². The van der Waals surface area contributed by atoms with Crippen LogP contribution < -0.4 is 9.47 Å². The molecule has 0 aliphatic rings. The van der Waals surface area contributed by atoms with Crippen LogP contribution in [-0.2, 0) is 10.0 Å². The van der Waals surface area contributed by atoms with Gasteiger partial charge in [0.1, 0.15) is 5.75 Å². The van der Waals surface area contributed by atoms with E-state index in [2.05, 4.69) is 0 Å². The molecule has 0 saturated heterocycles. The molecule has 0 bridgehead atoms. The van der Waals surface area contributed by atoms with Crippen molar-refractivity contribution in [2.75, 3.05) is 7.11 Å². The van der Waals surface area contributed by atoms with Crippen molar-refractivity contribution >= 4 is 26.6 Å². The Labute approximate surface area is 156 Å². The second kappa shape index (κ2) is 6.92. The molecule has 0 amide bonds. The molecule has 3 aromatic rings. The van der Waals surface area contributed by atoms with E-state index in [1.54, 1.807) is 24.3 Å². The molecule has 0 N–H and O–H groups in total. The minimum Gasteiger partial charge on any atom is -0.491 e. The van der Waals surface area contributed by atoms with Crippen LogP contribution in [0.4, 0.5) is 5.69 Å². The highest BCUT2D eigenvalue weighted by Gasteiger charge is 2.24. The van der Waals surface area contributed by atoms with E-state index in [4.69, 9.17) is 9.47 Å². The molecule has 142 valence electrons. The van der Waals surface area contributed by atoms with Gasteiger partial charge in [-0.25, -0.2) is 12.4 Å². The fourth-order valence-corrected chi connectivity index (χ4v) is 4.11. The summed E-state index contributed by atoms with van der Waals surface area (Å²) < 4.78 is 37.7. The summed E-state index contributed by atoms with van der Waals surface area (Å²) in [6, 6.07) is 10.3. The van der Waals surface area contributed by atoms with Gasteiger partial charge < -0.3 is 9.47 Å². The number of hydrogen-bond donors (Lipinski definition) is 0. The fraction of sp³-hybridized carbons (Fsp3) is 0.222. The van der Waals surface area contributed by atoms with Crippen molar-refractivity contribution in [3.8, 4) is 11.5 Å². The number of rotatable bonds is 6. The summed E-state index contributed by atoms with van der Waals surface area (Å²) in [7, 11) is -2.74. The first kappa shape index (κ1) is 18.7. The first-order valence-corrected chi connectivity index (χ1v) is 9.54. The molecule has 1 aromatic heterocycles. The standard InChI is InChI=1S/C18H18N2O6S/c1-12(2)26-14-4-6-16-13(10-14)8-9-19(16)27(23,24)15-5-7-18(25-3)17(11-15)20(21)22/h4-12H,1-3H3. The lowest BCUT2D eigenvalue weighted by atomic mass is 10.2. The highest BCUT2D eigenvalue weighted by Crippen LogP contribution is 2.32. The number of nitrogens with zero attached hydrogens (tertiary/aromatic N) is 2. The molecule has 27 heavy (non-hydrogen) atoms. The quantitative estimate of drug-likeness (QED) is 0.471. The fourth-order valence-electron chi connectivity index (χ4n) is 2.74. The normalized spacial score (nSPS) is 11.7. The number of fused-ring (bicyclic) bond motifs is 1. The Balaban J connectivity index is 2.10. The molecule has 9 heteroatoms. The zero-order valence-corrected chi connectivity index (χ0v) is 15.8. The minimum absolute atomic E-state index is 0.00637. The largest absolute Gasteiger partial charge is 0.491 e. The number of nitro benzene ring substituents is 1. The highest BCUT2D eigenvalue weighted by molar-refractivity contribution is 7.90.